The highest BCUT2D eigenvalue weighted by atomic mass is 19.4. The van der Waals surface area contributed by atoms with Gasteiger partial charge in [0, 0.05) is 0 Å². The fourth-order valence-electron chi connectivity index (χ4n) is 2.70. The maximum atomic E-state index is 12.7. The normalized spacial score (nSPS) is 20.9. The van der Waals surface area contributed by atoms with Crippen molar-refractivity contribution in [2.24, 2.45) is 5.41 Å². The van der Waals surface area contributed by atoms with Crippen molar-refractivity contribution in [3.8, 4) is 0 Å². The molecule has 0 radical (unpaired) electrons. The zero-order valence-corrected chi connectivity index (χ0v) is 10.8. The SMILES string of the molecule is CC1(C)CCC(c2cccc(C(F)(F)F)c2)CC1. The molecule has 3 heteroatoms. The molecule has 1 aliphatic rings. The molecule has 0 spiro atoms. The largest absolute Gasteiger partial charge is 0.416 e. The molecule has 1 saturated carbocycles. The number of hydrogen-bond acceptors (Lipinski definition) is 0. The zero-order chi connectivity index (χ0) is 13.4. The van der Waals surface area contributed by atoms with Gasteiger partial charge in [0.15, 0.2) is 0 Å². The van der Waals surface area contributed by atoms with E-state index in [1.54, 1.807) is 0 Å². The van der Waals surface area contributed by atoms with E-state index in [1.165, 1.54) is 12.1 Å². The Bertz CT molecular complexity index is 408. The minimum atomic E-state index is -4.23. The van der Waals surface area contributed by atoms with Crippen LogP contribution in [-0.4, -0.2) is 0 Å². The van der Waals surface area contributed by atoms with Crippen LogP contribution in [0.5, 0.6) is 0 Å². The number of benzene rings is 1. The van der Waals surface area contributed by atoms with Gasteiger partial charge in [0.05, 0.1) is 5.56 Å². The van der Waals surface area contributed by atoms with Gasteiger partial charge < -0.3 is 0 Å². The number of halogens is 3. The monoisotopic (exact) mass is 256 g/mol. The highest BCUT2D eigenvalue weighted by Crippen LogP contribution is 2.43. The van der Waals surface area contributed by atoms with E-state index >= 15 is 0 Å². The summed E-state index contributed by atoms with van der Waals surface area (Å²) in [6, 6.07) is 5.83. The van der Waals surface area contributed by atoms with Crippen LogP contribution in [0.25, 0.3) is 0 Å². The van der Waals surface area contributed by atoms with Crippen LogP contribution in [0.15, 0.2) is 24.3 Å². The summed E-state index contributed by atoms with van der Waals surface area (Å²) in [5, 5.41) is 0. The molecule has 1 aliphatic carbocycles. The second-order valence-corrected chi connectivity index (χ2v) is 6.06. The van der Waals surface area contributed by atoms with Gasteiger partial charge in [0.1, 0.15) is 0 Å². The Kier molecular flexibility index (Phi) is 3.43. The molecule has 1 fully saturated rings. The van der Waals surface area contributed by atoms with E-state index in [0.717, 1.165) is 37.3 Å². The van der Waals surface area contributed by atoms with Gasteiger partial charge in [0.2, 0.25) is 0 Å². The van der Waals surface area contributed by atoms with Crippen LogP contribution >= 0.6 is 0 Å². The van der Waals surface area contributed by atoms with Crippen LogP contribution in [-0.2, 0) is 6.18 Å². The standard InChI is InChI=1S/C15H19F3/c1-14(2)8-6-11(7-9-14)12-4-3-5-13(10-12)15(16,17)18/h3-5,10-11H,6-9H2,1-2H3. The molecule has 0 atom stereocenters. The first-order valence-electron chi connectivity index (χ1n) is 6.45. The molecule has 18 heavy (non-hydrogen) atoms. The van der Waals surface area contributed by atoms with Crippen LogP contribution < -0.4 is 0 Å². The maximum absolute atomic E-state index is 12.7. The second kappa shape index (κ2) is 4.60. The zero-order valence-electron chi connectivity index (χ0n) is 10.8. The average Bonchev–Trinajstić information content (AvgIpc) is 2.28. The molecular formula is C15H19F3. The van der Waals surface area contributed by atoms with E-state index in [2.05, 4.69) is 13.8 Å². The quantitative estimate of drug-likeness (QED) is 0.632. The third kappa shape index (κ3) is 3.06. The van der Waals surface area contributed by atoms with Gasteiger partial charge in [-0.25, -0.2) is 0 Å². The van der Waals surface area contributed by atoms with Gasteiger partial charge in [-0.3, -0.25) is 0 Å². The molecule has 0 N–H and O–H groups in total. The van der Waals surface area contributed by atoms with Crippen molar-refractivity contribution in [1.82, 2.24) is 0 Å². The molecule has 2 rings (SSSR count). The Morgan fingerprint density at radius 3 is 2.28 bits per heavy atom. The predicted molar refractivity (Wildman–Crippen MR) is 66.4 cm³/mol. The molecule has 0 nitrogen and oxygen atoms in total. The van der Waals surface area contributed by atoms with Crippen LogP contribution in [0.4, 0.5) is 13.2 Å². The number of rotatable bonds is 1. The second-order valence-electron chi connectivity index (χ2n) is 6.06. The molecule has 0 heterocycles. The minimum absolute atomic E-state index is 0.292. The summed E-state index contributed by atoms with van der Waals surface area (Å²) in [6.07, 6.45) is -0.0611. The van der Waals surface area contributed by atoms with Crippen molar-refractivity contribution < 1.29 is 13.2 Å². The fraction of sp³-hybridized carbons (Fsp3) is 0.600. The summed E-state index contributed by atoms with van der Waals surface area (Å²) in [7, 11) is 0. The summed E-state index contributed by atoms with van der Waals surface area (Å²) in [6.45, 7) is 4.46. The Hall–Kier alpha value is -0.990. The Morgan fingerprint density at radius 1 is 1.11 bits per heavy atom. The molecule has 100 valence electrons. The predicted octanol–water partition coefficient (Wildman–Crippen LogP) is 5.39. The van der Waals surface area contributed by atoms with Gasteiger partial charge in [0.25, 0.3) is 0 Å². The molecule has 0 aromatic heterocycles. The summed E-state index contributed by atoms with van der Waals surface area (Å²) < 4.78 is 38.0. The first-order valence-corrected chi connectivity index (χ1v) is 6.45. The van der Waals surface area contributed by atoms with Gasteiger partial charge in [-0.1, -0.05) is 32.0 Å². The van der Waals surface area contributed by atoms with E-state index < -0.39 is 11.7 Å². The molecule has 0 amide bonds. The van der Waals surface area contributed by atoms with Crippen LogP contribution in [0, 0.1) is 5.41 Å². The van der Waals surface area contributed by atoms with Crippen molar-refractivity contribution >= 4 is 0 Å². The van der Waals surface area contributed by atoms with E-state index in [4.69, 9.17) is 0 Å². The lowest BCUT2D eigenvalue weighted by molar-refractivity contribution is -0.137. The topological polar surface area (TPSA) is 0 Å². The fourth-order valence-corrected chi connectivity index (χ4v) is 2.70. The highest BCUT2D eigenvalue weighted by molar-refractivity contribution is 5.28. The first-order chi connectivity index (χ1) is 8.28. The summed E-state index contributed by atoms with van der Waals surface area (Å²) >= 11 is 0. The van der Waals surface area contributed by atoms with Gasteiger partial charge >= 0.3 is 6.18 Å². The van der Waals surface area contributed by atoms with E-state index in [0.29, 0.717) is 11.3 Å². The third-order valence-electron chi connectivity index (χ3n) is 4.02. The van der Waals surface area contributed by atoms with E-state index in [-0.39, 0.29) is 0 Å². The van der Waals surface area contributed by atoms with Gasteiger partial charge in [-0.15, -0.1) is 0 Å². The summed E-state index contributed by atoms with van der Waals surface area (Å²) in [5.74, 6) is 0.292. The molecule has 0 saturated heterocycles. The molecule has 0 unspecified atom stereocenters. The Balaban J connectivity index is 2.15. The average molecular weight is 256 g/mol. The Morgan fingerprint density at radius 2 is 1.72 bits per heavy atom. The van der Waals surface area contributed by atoms with E-state index in [9.17, 15) is 13.2 Å². The van der Waals surface area contributed by atoms with Crippen LogP contribution in [0.1, 0.15) is 56.6 Å². The van der Waals surface area contributed by atoms with Gasteiger partial charge in [-0.05, 0) is 48.6 Å². The maximum Gasteiger partial charge on any atom is 0.416 e. The van der Waals surface area contributed by atoms with Crippen molar-refractivity contribution in [3.05, 3.63) is 35.4 Å². The minimum Gasteiger partial charge on any atom is -0.166 e. The summed E-state index contributed by atoms with van der Waals surface area (Å²) in [5.41, 5.74) is 0.670. The van der Waals surface area contributed by atoms with Gasteiger partial charge in [-0.2, -0.15) is 13.2 Å². The first kappa shape index (κ1) is 13.4. The van der Waals surface area contributed by atoms with Crippen molar-refractivity contribution in [1.29, 1.82) is 0 Å². The van der Waals surface area contributed by atoms with Crippen LogP contribution in [0.2, 0.25) is 0 Å². The van der Waals surface area contributed by atoms with Crippen molar-refractivity contribution in [3.63, 3.8) is 0 Å². The van der Waals surface area contributed by atoms with Crippen molar-refractivity contribution in [2.75, 3.05) is 0 Å². The Labute approximate surface area is 106 Å². The number of alkyl halides is 3. The van der Waals surface area contributed by atoms with Crippen LogP contribution in [0.3, 0.4) is 0 Å². The van der Waals surface area contributed by atoms with E-state index in [1.807, 2.05) is 6.07 Å². The lowest BCUT2D eigenvalue weighted by Gasteiger charge is -2.34. The molecular weight excluding hydrogens is 237 g/mol. The molecule has 1 aromatic rings. The molecule has 1 aromatic carbocycles. The molecule has 0 bridgehead atoms. The number of hydrogen-bond donors (Lipinski definition) is 0. The smallest absolute Gasteiger partial charge is 0.166 e. The molecule has 0 aliphatic heterocycles. The summed E-state index contributed by atoms with van der Waals surface area (Å²) in [4.78, 5) is 0. The highest BCUT2D eigenvalue weighted by Gasteiger charge is 2.32. The third-order valence-corrected chi connectivity index (χ3v) is 4.02. The lowest BCUT2D eigenvalue weighted by atomic mass is 9.71. The lowest BCUT2D eigenvalue weighted by Crippen LogP contribution is -2.20. The van der Waals surface area contributed by atoms with Crippen molar-refractivity contribution in [2.45, 2.75) is 51.6 Å².